The zero-order chi connectivity index (χ0) is 18.1. The molecule has 0 saturated carbocycles. The SMILES string of the molecule is COc1cccc2c1OCC(C=C1SC(N3CCC(C)CC3)=NC1=O)=C2. The van der Waals surface area contributed by atoms with Crippen molar-refractivity contribution < 1.29 is 14.3 Å². The van der Waals surface area contributed by atoms with E-state index in [-0.39, 0.29) is 5.91 Å². The maximum atomic E-state index is 12.3. The lowest BCUT2D eigenvalue weighted by Crippen LogP contribution is -2.35. The molecule has 0 radical (unpaired) electrons. The third-order valence-electron chi connectivity index (χ3n) is 4.93. The number of benzene rings is 1. The first kappa shape index (κ1) is 17.2. The summed E-state index contributed by atoms with van der Waals surface area (Å²) in [6.45, 7) is 4.65. The van der Waals surface area contributed by atoms with Gasteiger partial charge in [-0.25, -0.2) is 0 Å². The Hall–Kier alpha value is -2.21. The summed E-state index contributed by atoms with van der Waals surface area (Å²) in [6, 6.07) is 5.80. The van der Waals surface area contributed by atoms with Crippen LogP contribution in [0, 0.1) is 5.92 Å². The minimum atomic E-state index is -0.152. The van der Waals surface area contributed by atoms with Gasteiger partial charge in [-0.1, -0.05) is 19.1 Å². The van der Waals surface area contributed by atoms with Crippen LogP contribution in [0.25, 0.3) is 6.08 Å². The molecule has 1 saturated heterocycles. The van der Waals surface area contributed by atoms with E-state index in [4.69, 9.17) is 9.47 Å². The van der Waals surface area contributed by atoms with Crippen LogP contribution in [0.5, 0.6) is 11.5 Å². The summed E-state index contributed by atoms with van der Waals surface area (Å²) >= 11 is 1.48. The van der Waals surface area contributed by atoms with Gasteiger partial charge in [0.15, 0.2) is 16.7 Å². The molecule has 1 aromatic rings. The Bertz CT molecular complexity index is 820. The second-order valence-corrected chi connectivity index (χ2v) is 7.88. The predicted molar refractivity (Wildman–Crippen MR) is 105 cm³/mol. The van der Waals surface area contributed by atoms with Gasteiger partial charge in [0.25, 0.3) is 5.91 Å². The average molecular weight is 370 g/mol. The third kappa shape index (κ3) is 3.38. The normalized spacial score (nSPS) is 22.0. The Balaban J connectivity index is 1.51. The van der Waals surface area contributed by atoms with Gasteiger partial charge in [0.2, 0.25) is 0 Å². The second kappa shape index (κ2) is 7.19. The number of carbonyl (C=O) groups is 1. The smallest absolute Gasteiger partial charge is 0.286 e. The molecular formula is C20H22N2O3S. The van der Waals surface area contributed by atoms with E-state index in [1.165, 1.54) is 11.8 Å². The fourth-order valence-corrected chi connectivity index (χ4v) is 4.32. The number of fused-ring (bicyclic) bond motifs is 1. The highest BCUT2D eigenvalue weighted by molar-refractivity contribution is 8.18. The van der Waals surface area contributed by atoms with Crippen molar-refractivity contribution in [1.29, 1.82) is 0 Å². The number of hydrogen-bond donors (Lipinski definition) is 0. The largest absolute Gasteiger partial charge is 0.493 e. The number of hydrogen-bond acceptors (Lipinski definition) is 5. The monoisotopic (exact) mass is 370 g/mol. The Morgan fingerprint density at radius 1 is 1.35 bits per heavy atom. The Morgan fingerprint density at radius 2 is 2.15 bits per heavy atom. The van der Waals surface area contributed by atoms with Crippen LogP contribution in [0.3, 0.4) is 0 Å². The predicted octanol–water partition coefficient (Wildman–Crippen LogP) is 3.72. The van der Waals surface area contributed by atoms with Gasteiger partial charge in [0.1, 0.15) is 6.61 Å². The summed E-state index contributed by atoms with van der Waals surface area (Å²) in [6.07, 6.45) is 6.26. The first-order chi connectivity index (χ1) is 12.6. The number of likely N-dealkylation sites (tertiary alicyclic amines) is 1. The molecule has 3 heterocycles. The van der Waals surface area contributed by atoms with Crippen molar-refractivity contribution in [3.05, 3.63) is 40.3 Å². The summed E-state index contributed by atoms with van der Waals surface area (Å²) < 4.78 is 11.2. The van der Waals surface area contributed by atoms with Gasteiger partial charge in [-0.2, -0.15) is 4.99 Å². The quantitative estimate of drug-likeness (QED) is 0.743. The number of para-hydroxylation sites is 1. The fourth-order valence-electron chi connectivity index (χ4n) is 3.34. The third-order valence-corrected chi connectivity index (χ3v) is 5.98. The number of amidine groups is 1. The zero-order valence-corrected chi connectivity index (χ0v) is 15.8. The van der Waals surface area contributed by atoms with E-state index < -0.39 is 0 Å². The van der Waals surface area contributed by atoms with Crippen LogP contribution in [0.1, 0.15) is 25.3 Å². The number of ether oxygens (including phenoxy) is 2. The van der Waals surface area contributed by atoms with Crippen molar-refractivity contribution in [3.63, 3.8) is 0 Å². The van der Waals surface area contributed by atoms with E-state index >= 15 is 0 Å². The molecule has 0 aromatic heterocycles. The maximum absolute atomic E-state index is 12.3. The molecule has 0 atom stereocenters. The molecule has 1 fully saturated rings. The molecule has 136 valence electrons. The van der Waals surface area contributed by atoms with Crippen molar-refractivity contribution in [1.82, 2.24) is 4.90 Å². The van der Waals surface area contributed by atoms with E-state index in [0.29, 0.717) is 11.5 Å². The number of amides is 1. The van der Waals surface area contributed by atoms with E-state index in [2.05, 4.69) is 16.8 Å². The lowest BCUT2D eigenvalue weighted by molar-refractivity contribution is -0.113. The molecular weight excluding hydrogens is 348 g/mol. The average Bonchev–Trinajstić information content (AvgIpc) is 3.02. The minimum absolute atomic E-state index is 0.152. The first-order valence-electron chi connectivity index (χ1n) is 8.92. The molecule has 6 heteroatoms. The molecule has 5 nitrogen and oxygen atoms in total. The summed E-state index contributed by atoms with van der Waals surface area (Å²) in [5.41, 5.74) is 1.93. The molecule has 4 rings (SSSR count). The van der Waals surface area contributed by atoms with E-state index in [0.717, 1.165) is 59.7 Å². The molecule has 3 aliphatic rings. The topological polar surface area (TPSA) is 51.1 Å². The number of rotatable bonds is 2. The Morgan fingerprint density at radius 3 is 2.92 bits per heavy atom. The van der Waals surface area contributed by atoms with E-state index in [9.17, 15) is 4.79 Å². The molecule has 26 heavy (non-hydrogen) atoms. The van der Waals surface area contributed by atoms with Gasteiger partial charge in [0, 0.05) is 18.7 Å². The number of aliphatic imine (C=N–C) groups is 1. The van der Waals surface area contributed by atoms with Gasteiger partial charge >= 0.3 is 0 Å². The highest BCUT2D eigenvalue weighted by atomic mass is 32.2. The molecule has 1 amide bonds. The summed E-state index contributed by atoms with van der Waals surface area (Å²) in [5.74, 6) is 2.08. The molecule has 0 bridgehead atoms. The Kier molecular flexibility index (Phi) is 4.76. The number of nitrogens with zero attached hydrogens (tertiary/aromatic N) is 2. The number of carbonyl (C=O) groups excluding carboxylic acids is 1. The van der Waals surface area contributed by atoms with Gasteiger partial charge < -0.3 is 14.4 Å². The standard InChI is InChI=1S/C20H22N2O3S/c1-13-6-8-22(9-7-13)20-21-19(23)17(26-20)11-14-10-15-4-3-5-16(24-2)18(15)25-12-14/h3-5,10-11,13H,6-9,12H2,1-2H3. The minimum Gasteiger partial charge on any atom is -0.493 e. The fraction of sp³-hybridized carbons (Fsp3) is 0.400. The Labute approximate surface area is 157 Å². The number of methoxy groups -OCH3 is 1. The summed E-state index contributed by atoms with van der Waals surface area (Å²) in [5, 5.41) is 0.840. The van der Waals surface area contributed by atoms with Gasteiger partial charge in [-0.15, -0.1) is 0 Å². The molecule has 0 unspecified atom stereocenters. The first-order valence-corrected chi connectivity index (χ1v) is 9.73. The summed E-state index contributed by atoms with van der Waals surface area (Å²) in [4.78, 5) is 19.5. The van der Waals surface area contributed by atoms with Gasteiger partial charge in [0.05, 0.1) is 12.0 Å². The van der Waals surface area contributed by atoms with Crippen molar-refractivity contribution in [2.24, 2.45) is 10.9 Å². The molecule has 1 aromatic carbocycles. The van der Waals surface area contributed by atoms with Crippen LogP contribution >= 0.6 is 11.8 Å². The lowest BCUT2D eigenvalue weighted by Gasteiger charge is -2.30. The molecule has 0 spiro atoms. The van der Waals surface area contributed by atoms with Gasteiger partial charge in [-0.3, -0.25) is 4.79 Å². The molecule has 0 aliphatic carbocycles. The van der Waals surface area contributed by atoms with Crippen LogP contribution in [0.4, 0.5) is 0 Å². The number of piperidine rings is 1. The molecule has 3 aliphatic heterocycles. The van der Waals surface area contributed by atoms with Crippen molar-refractivity contribution >= 4 is 28.9 Å². The van der Waals surface area contributed by atoms with E-state index in [1.807, 2.05) is 30.4 Å². The van der Waals surface area contributed by atoms with Crippen molar-refractivity contribution in [3.8, 4) is 11.5 Å². The van der Waals surface area contributed by atoms with Crippen molar-refractivity contribution in [2.45, 2.75) is 19.8 Å². The van der Waals surface area contributed by atoms with E-state index in [1.54, 1.807) is 7.11 Å². The van der Waals surface area contributed by atoms with Crippen LogP contribution < -0.4 is 9.47 Å². The summed E-state index contributed by atoms with van der Waals surface area (Å²) in [7, 11) is 1.63. The second-order valence-electron chi connectivity index (χ2n) is 6.87. The maximum Gasteiger partial charge on any atom is 0.286 e. The number of thioether (sulfide) groups is 1. The highest BCUT2D eigenvalue weighted by Gasteiger charge is 2.28. The van der Waals surface area contributed by atoms with Crippen LogP contribution in [-0.2, 0) is 4.79 Å². The lowest BCUT2D eigenvalue weighted by atomic mass is 10.00. The molecule has 0 N–H and O–H groups in total. The van der Waals surface area contributed by atoms with Gasteiger partial charge in [-0.05, 0) is 54.3 Å². The van der Waals surface area contributed by atoms with Crippen LogP contribution in [-0.4, -0.2) is 42.8 Å². The van der Waals surface area contributed by atoms with Crippen LogP contribution in [0.15, 0.2) is 39.7 Å². The zero-order valence-electron chi connectivity index (χ0n) is 15.0. The highest BCUT2D eigenvalue weighted by Crippen LogP contribution is 2.37. The van der Waals surface area contributed by atoms with Crippen LogP contribution in [0.2, 0.25) is 0 Å². The van der Waals surface area contributed by atoms with Crippen molar-refractivity contribution in [2.75, 3.05) is 26.8 Å².